The van der Waals surface area contributed by atoms with Crippen molar-refractivity contribution in [3.8, 4) is 0 Å². The van der Waals surface area contributed by atoms with E-state index in [0.29, 0.717) is 56.0 Å². The van der Waals surface area contributed by atoms with Crippen LogP contribution in [0.25, 0.3) is 10.9 Å². The summed E-state index contributed by atoms with van der Waals surface area (Å²) in [6.07, 6.45) is 1.72. The minimum Gasteiger partial charge on any atom is -0.378 e. The number of benzene rings is 1. The Kier molecular flexibility index (Phi) is 4.43. The topological polar surface area (TPSA) is 67.4 Å². The minimum atomic E-state index is -0.375. The van der Waals surface area contributed by atoms with Gasteiger partial charge in [0.2, 0.25) is 5.91 Å². The maximum atomic E-state index is 13.9. The van der Waals surface area contributed by atoms with Gasteiger partial charge in [0, 0.05) is 26.1 Å². The molecule has 1 saturated heterocycles. The van der Waals surface area contributed by atoms with Crippen LogP contribution in [0.2, 0.25) is 0 Å². The SMILES string of the molecule is O=C(CCNc1ncnc2cccc(F)c12)N1CCOCC1. The Morgan fingerprint density at radius 3 is 2.95 bits per heavy atom. The fourth-order valence-corrected chi connectivity index (χ4v) is 2.46. The lowest BCUT2D eigenvalue weighted by molar-refractivity contribution is -0.134. The maximum Gasteiger partial charge on any atom is 0.224 e. The largest absolute Gasteiger partial charge is 0.378 e. The first kappa shape index (κ1) is 14.6. The molecule has 1 amide bonds. The Morgan fingerprint density at radius 1 is 1.32 bits per heavy atom. The predicted octanol–water partition coefficient (Wildman–Crippen LogP) is 1.43. The lowest BCUT2D eigenvalue weighted by atomic mass is 10.2. The predicted molar refractivity (Wildman–Crippen MR) is 80.0 cm³/mol. The van der Waals surface area contributed by atoms with Gasteiger partial charge in [-0.3, -0.25) is 4.79 Å². The normalized spacial score (nSPS) is 15.0. The summed E-state index contributed by atoms with van der Waals surface area (Å²) in [4.78, 5) is 21.9. The van der Waals surface area contributed by atoms with Crippen LogP contribution in [0.15, 0.2) is 24.5 Å². The van der Waals surface area contributed by atoms with Crippen molar-refractivity contribution in [1.82, 2.24) is 14.9 Å². The molecule has 116 valence electrons. The van der Waals surface area contributed by atoms with Gasteiger partial charge in [0.25, 0.3) is 0 Å². The zero-order valence-corrected chi connectivity index (χ0v) is 12.1. The first-order chi connectivity index (χ1) is 10.8. The number of fused-ring (bicyclic) bond motifs is 1. The van der Waals surface area contributed by atoms with Gasteiger partial charge < -0.3 is 15.0 Å². The number of nitrogens with one attached hydrogen (secondary N) is 1. The van der Waals surface area contributed by atoms with Crippen molar-refractivity contribution in [2.75, 3.05) is 38.2 Å². The number of amides is 1. The number of ether oxygens (including phenoxy) is 1. The molecule has 0 radical (unpaired) electrons. The standard InChI is InChI=1S/C15H17FN4O2/c16-11-2-1-3-12-14(11)15(19-10-18-12)17-5-4-13(21)20-6-8-22-9-7-20/h1-3,10H,4-9H2,(H,17,18,19). The minimum absolute atomic E-state index is 0.0645. The molecule has 1 fully saturated rings. The van der Waals surface area contributed by atoms with Crippen molar-refractivity contribution in [2.24, 2.45) is 0 Å². The molecule has 1 N–H and O–H groups in total. The number of hydrogen-bond donors (Lipinski definition) is 1. The fourth-order valence-electron chi connectivity index (χ4n) is 2.46. The zero-order chi connectivity index (χ0) is 15.4. The molecule has 2 aromatic rings. The van der Waals surface area contributed by atoms with Crippen LogP contribution in [0, 0.1) is 5.82 Å². The smallest absolute Gasteiger partial charge is 0.224 e. The van der Waals surface area contributed by atoms with E-state index in [2.05, 4.69) is 15.3 Å². The number of carbonyl (C=O) groups excluding carboxylic acids is 1. The van der Waals surface area contributed by atoms with Crippen LogP contribution >= 0.6 is 0 Å². The van der Waals surface area contributed by atoms with Crippen molar-refractivity contribution < 1.29 is 13.9 Å². The third-order valence-electron chi connectivity index (χ3n) is 3.61. The average Bonchev–Trinajstić information content (AvgIpc) is 2.56. The fraction of sp³-hybridized carbons (Fsp3) is 0.400. The average molecular weight is 304 g/mol. The van der Waals surface area contributed by atoms with Crippen LogP contribution in [-0.4, -0.2) is 53.6 Å². The Bertz CT molecular complexity index is 668. The number of nitrogens with zero attached hydrogens (tertiary/aromatic N) is 3. The Labute approximate surface area is 127 Å². The van der Waals surface area contributed by atoms with Crippen molar-refractivity contribution in [3.63, 3.8) is 0 Å². The van der Waals surface area contributed by atoms with E-state index in [1.807, 2.05) is 0 Å². The van der Waals surface area contributed by atoms with Gasteiger partial charge in [-0.15, -0.1) is 0 Å². The molecule has 22 heavy (non-hydrogen) atoms. The first-order valence-corrected chi connectivity index (χ1v) is 7.24. The highest BCUT2D eigenvalue weighted by Gasteiger charge is 2.16. The van der Waals surface area contributed by atoms with Crippen molar-refractivity contribution in [2.45, 2.75) is 6.42 Å². The third kappa shape index (κ3) is 3.14. The highest BCUT2D eigenvalue weighted by atomic mass is 19.1. The summed E-state index contributed by atoms with van der Waals surface area (Å²) >= 11 is 0. The summed E-state index contributed by atoms with van der Waals surface area (Å²) in [5.41, 5.74) is 0.539. The summed E-state index contributed by atoms with van der Waals surface area (Å²) in [7, 11) is 0. The van der Waals surface area contributed by atoms with Crippen molar-refractivity contribution in [3.05, 3.63) is 30.3 Å². The van der Waals surface area contributed by atoms with Crippen LogP contribution in [0.5, 0.6) is 0 Å². The van der Waals surface area contributed by atoms with Crippen LogP contribution in [0.1, 0.15) is 6.42 Å². The number of halogens is 1. The lowest BCUT2D eigenvalue weighted by Gasteiger charge is -2.26. The number of carbonyl (C=O) groups is 1. The quantitative estimate of drug-likeness (QED) is 0.925. The zero-order valence-electron chi connectivity index (χ0n) is 12.1. The maximum absolute atomic E-state index is 13.9. The molecular weight excluding hydrogens is 287 g/mol. The number of rotatable bonds is 4. The summed E-state index contributed by atoms with van der Waals surface area (Å²) in [6, 6.07) is 4.70. The second-order valence-electron chi connectivity index (χ2n) is 5.03. The highest BCUT2D eigenvalue weighted by molar-refractivity contribution is 5.89. The molecule has 3 rings (SSSR count). The summed E-state index contributed by atoms with van der Waals surface area (Å²) in [5, 5.41) is 3.38. The van der Waals surface area contributed by atoms with E-state index in [1.165, 1.54) is 12.4 Å². The molecular formula is C15H17FN4O2. The van der Waals surface area contributed by atoms with Crippen LogP contribution in [0.3, 0.4) is 0 Å². The summed E-state index contributed by atoms with van der Waals surface area (Å²) < 4.78 is 19.1. The second kappa shape index (κ2) is 6.65. The summed E-state index contributed by atoms with van der Waals surface area (Å²) in [6.45, 7) is 2.83. The van der Waals surface area contributed by atoms with E-state index in [-0.39, 0.29) is 11.7 Å². The van der Waals surface area contributed by atoms with E-state index in [4.69, 9.17) is 4.74 Å². The molecule has 0 unspecified atom stereocenters. The van der Waals surface area contributed by atoms with E-state index < -0.39 is 0 Å². The van der Waals surface area contributed by atoms with Crippen LogP contribution in [0.4, 0.5) is 10.2 Å². The molecule has 0 aliphatic carbocycles. The second-order valence-corrected chi connectivity index (χ2v) is 5.03. The molecule has 0 bridgehead atoms. The number of morpholine rings is 1. The summed E-state index contributed by atoms with van der Waals surface area (Å²) in [5.74, 6) is 0.104. The number of anilines is 1. The van der Waals surface area contributed by atoms with Gasteiger partial charge in [-0.05, 0) is 12.1 Å². The van der Waals surface area contributed by atoms with Crippen molar-refractivity contribution >= 4 is 22.6 Å². The first-order valence-electron chi connectivity index (χ1n) is 7.24. The molecule has 7 heteroatoms. The molecule has 1 aliphatic rings. The molecule has 0 spiro atoms. The van der Waals surface area contributed by atoms with Gasteiger partial charge in [-0.25, -0.2) is 14.4 Å². The van der Waals surface area contributed by atoms with Crippen LogP contribution in [-0.2, 0) is 9.53 Å². The lowest BCUT2D eigenvalue weighted by Crippen LogP contribution is -2.41. The number of hydrogen-bond acceptors (Lipinski definition) is 5. The van der Waals surface area contributed by atoms with Gasteiger partial charge in [0.15, 0.2) is 0 Å². The Balaban J connectivity index is 1.63. The molecule has 0 atom stereocenters. The molecule has 0 saturated carbocycles. The number of aromatic nitrogens is 2. The molecule has 2 heterocycles. The van der Waals surface area contributed by atoms with E-state index in [0.717, 1.165) is 0 Å². The van der Waals surface area contributed by atoms with E-state index >= 15 is 0 Å². The van der Waals surface area contributed by atoms with Crippen LogP contribution < -0.4 is 5.32 Å². The van der Waals surface area contributed by atoms with Gasteiger partial charge >= 0.3 is 0 Å². The third-order valence-corrected chi connectivity index (χ3v) is 3.61. The monoisotopic (exact) mass is 304 g/mol. The molecule has 1 aromatic carbocycles. The van der Waals surface area contributed by atoms with Gasteiger partial charge in [-0.2, -0.15) is 0 Å². The Hall–Kier alpha value is -2.28. The Morgan fingerprint density at radius 2 is 2.14 bits per heavy atom. The van der Waals surface area contributed by atoms with E-state index in [1.54, 1.807) is 17.0 Å². The van der Waals surface area contributed by atoms with Gasteiger partial charge in [0.1, 0.15) is 18.0 Å². The van der Waals surface area contributed by atoms with Gasteiger partial charge in [0.05, 0.1) is 24.1 Å². The van der Waals surface area contributed by atoms with Crippen molar-refractivity contribution in [1.29, 1.82) is 0 Å². The van der Waals surface area contributed by atoms with Gasteiger partial charge in [-0.1, -0.05) is 6.07 Å². The molecule has 1 aliphatic heterocycles. The molecule has 1 aromatic heterocycles. The van der Waals surface area contributed by atoms with E-state index in [9.17, 15) is 9.18 Å². The highest BCUT2D eigenvalue weighted by Crippen LogP contribution is 2.22. The molecule has 6 nitrogen and oxygen atoms in total.